The molecule has 3 rings (SSSR count). The lowest BCUT2D eigenvalue weighted by atomic mass is 9.98. The summed E-state index contributed by atoms with van der Waals surface area (Å²) in [6.07, 6.45) is 1.18. The van der Waals surface area contributed by atoms with E-state index in [1.165, 1.54) is 28.6 Å². The Kier molecular flexibility index (Phi) is 2.65. The lowest BCUT2D eigenvalue weighted by Crippen LogP contribution is -2.23. The minimum absolute atomic E-state index is 0.396. The first-order valence-electron chi connectivity index (χ1n) is 6.30. The van der Waals surface area contributed by atoms with Crippen molar-refractivity contribution in [3.05, 3.63) is 35.5 Å². The number of aromatic nitrogens is 1. The average molecular weight is 229 g/mol. The van der Waals surface area contributed by atoms with Crippen LogP contribution in [0.1, 0.15) is 23.7 Å². The average Bonchev–Trinajstić information content (AvgIpc) is 2.93. The monoisotopic (exact) mass is 229 g/mol. The molecule has 1 aliphatic rings. The fourth-order valence-corrected chi connectivity index (χ4v) is 2.81. The topological polar surface area (TPSA) is 53.8 Å². The molecule has 0 amide bonds. The summed E-state index contributed by atoms with van der Waals surface area (Å²) < 4.78 is 0. The van der Waals surface area contributed by atoms with Crippen LogP contribution in [0.3, 0.4) is 0 Å². The van der Waals surface area contributed by atoms with E-state index in [-0.39, 0.29) is 0 Å². The summed E-state index contributed by atoms with van der Waals surface area (Å²) >= 11 is 0. The molecule has 3 nitrogen and oxygen atoms in total. The normalized spacial score (nSPS) is 24.6. The second kappa shape index (κ2) is 4.17. The van der Waals surface area contributed by atoms with Gasteiger partial charge in [0.2, 0.25) is 0 Å². The molecule has 0 saturated carbocycles. The zero-order valence-corrected chi connectivity index (χ0v) is 10.2. The molecule has 1 aliphatic heterocycles. The predicted molar refractivity (Wildman–Crippen MR) is 70.9 cm³/mol. The minimum atomic E-state index is 0.396. The highest BCUT2D eigenvalue weighted by atomic mass is 15.0. The van der Waals surface area contributed by atoms with E-state index in [1.807, 2.05) is 0 Å². The fourth-order valence-electron chi connectivity index (χ4n) is 2.81. The number of benzene rings is 1. The number of rotatable bonds is 2. The number of nitrogens with two attached hydrogens (primary N) is 1. The van der Waals surface area contributed by atoms with Gasteiger partial charge < -0.3 is 16.0 Å². The van der Waals surface area contributed by atoms with Crippen molar-refractivity contribution in [1.29, 1.82) is 0 Å². The third-order valence-corrected chi connectivity index (χ3v) is 3.79. The van der Waals surface area contributed by atoms with Crippen LogP contribution in [-0.2, 0) is 0 Å². The molecular weight excluding hydrogens is 210 g/mol. The Morgan fingerprint density at radius 1 is 1.35 bits per heavy atom. The van der Waals surface area contributed by atoms with E-state index in [9.17, 15) is 0 Å². The highest BCUT2D eigenvalue weighted by Gasteiger charge is 2.27. The van der Waals surface area contributed by atoms with Gasteiger partial charge in [-0.05, 0) is 55.4 Å². The molecule has 2 aromatic rings. The molecule has 0 aliphatic carbocycles. The first kappa shape index (κ1) is 10.8. The van der Waals surface area contributed by atoms with Crippen LogP contribution < -0.4 is 11.1 Å². The quantitative estimate of drug-likeness (QED) is 0.738. The third kappa shape index (κ3) is 1.85. The van der Waals surface area contributed by atoms with Crippen molar-refractivity contribution in [3.8, 4) is 0 Å². The van der Waals surface area contributed by atoms with Crippen LogP contribution >= 0.6 is 0 Å². The molecule has 17 heavy (non-hydrogen) atoms. The van der Waals surface area contributed by atoms with Gasteiger partial charge in [-0.1, -0.05) is 12.1 Å². The van der Waals surface area contributed by atoms with Crippen LogP contribution in [-0.4, -0.2) is 18.1 Å². The highest BCUT2D eigenvalue weighted by molar-refractivity contribution is 5.81. The minimum Gasteiger partial charge on any atom is -0.357 e. The molecule has 1 aromatic heterocycles. The Morgan fingerprint density at radius 2 is 2.24 bits per heavy atom. The van der Waals surface area contributed by atoms with Gasteiger partial charge in [0.15, 0.2) is 0 Å². The number of fused-ring (bicyclic) bond motifs is 1. The summed E-state index contributed by atoms with van der Waals surface area (Å²) in [6, 6.07) is 9.18. The number of aryl methyl sites for hydroxylation is 1. The van der Waals surface area contributed by atoms with Crippen LogP contribution in [0.15, 0.2) is 24.3 Å². The summed E-state index contributed by atoms with van der Waals surface area (Å²) in [5.74, 6) is 0.559. The van der Waals surface area contributed by atoms with Crippen LogP contribution in [0.5, 0.6) is 0 Å². The third-order valence-electron chi connectivity index (χ3n) is 3.79. The molecular formula is C14H19N3. The van der Waals surface area contributed by atoms with E-state index in [2.05, 4.69) is 41.5 Å². The van der Waals surface area contributed by atoms with Gasteiger partial charge in [0.25, 0.3) is 0 Å². The summed E-state index contributed by atoms with van der Waals surface area (Å²) in [4.78, 5) is 3.52. The first-order chi connectivity index (χ1) is 8.28. The maximum Gasteiger partial charge on any atom is 0.0514 e. The van der Waals surface area contributed by atoms with E-state index in [4.69, 9.17) is 5.73 Å². The molecule has 1 fully saturated rings. The van der Waals surface area contributed by atoms with Crippen molar-refractivity contribution in [2.75, 3.05) is 13.1 Å². The maximum atomic E-state index is 5.83. The number of hydrogen-bond acceptors (Lipinski definition) is 2. The molecule has 0 bridgehead atoms. The maximum absolute atomic E-state index is 5.83. The van der Waals surface area contributed by atoms with Crippen LogP contribution in [0.25, 0.3) is 10.9 Å². The predicted octanol–water partition coefficient (Wildman–Crippen LogP) is 2.09. The molecule has 2 unspecified atom stereocenters. The zero-order valence-electron chi connectivity index (χ0n) is 10.2. The van der Waals surface area contributed by atoms with Crippen molar-refractivity contribution in [2.24, 2.45) is 11.7 Å². The summed E-state index contributed by atoms with van der Waals surface area (Å²) in [6.45, 7) is 3.95. The molecule has 2 atom stereocenters. The molecule has 1 saturated heterocycles. The van der Waals surface area contributed by atoms with Crippen LogP contribution in [0.2, 0.25) is 0 Å². The zero-order chi connectivity index (χ0) is 11.8. The second-order valence-corrected chi connectivity index (χ2v) is 5.03. The first-order valence-corrected chi connectivity index (χ1v) is 6.30. The van der Waals surface area contributed by atoms with E-state index >= 15 is 0 Å². The van der Waals surface area contributed by atoms with Gasteiger partial charge in [-0.25, -0.2) is 0 Å². The molecule has 0 radical (unpaired) electrons. The lowest BCUT2D eigenvalue weighted by Gasteiger charge is -2.16. The van der Waals surface area contributed by atoms with Gasteiger partial charge in [0.1, 0.15) is 0 Å². The second-order valence-electron chi connectivity index (χ2n) is 5.03. The largest absolute Gasteiger partial charge is 0.357 e. The van der Waals surface area contributed by atoms with E-state index in [0.717, 1.165) is 13.1 Å². The van der Waals surface area contributed by atoms with Gasteiger partial charge >= 0.3 is 0 Å². The van der Waals surface area contributed by atoms with E-state index in [1.54, 1.807) is 0 Å². The van der Waals surface area contributed by atoms with Crippen molar-refractivity contribution in [2.45, 2.75) is 19.4 Å². The Labute approximate surface area is 101 Å². The van der Waals surface area contributed by atoms with Crippen molar-refractivity contribution < 1.29 is 0 Å². The van der Waals surface area contributed by atoms with E-state index in [0.29, 0.717) is 12.0 Å². The van der Waals surface area contributed by atoms with E-state index < -0.39 is 0 Å². The standard InChI is InChI=1S/C14H19N3/c1-9-2-3-10-7-13(17-12(10)6-9)14-11(8-15)4-5-16-14/h2-3,6-7,11,14,16-17H,4-5,8,15H2,1H3. The Bertz CT molecular complexity index is 529. The summed E-state index contributed by atoms with van der Waals surface area (Å²) in [7, 11) is 0. The van der Waals surface area contributed by atoms with Crippen molar-refractivity contribution in [1.82, 2.24) is 10.3 Å². The molecule has 0 spiro atoms. The SMILES string of the molecule is Cc1ccc2cc(C3NCCC3CN)[nH]c2c1. The number of hydrogen-bond donors (Lipinski definition) is 3. The molecule has 2 heterocycles. The summed E-state index contributed by atoms with van der Waals surface area (Å²) in [5.41, 5.74) is 9.62. The van der Waals surface area contributed by atoms with Crippen LogP contribution in [0, 0.1) is 12.8 Å². The van der Waals surface area contributed by atoms with Crippen molar-refractivity contribution in [3.63, 3.8) is 0 Å². The van der Waals surface area contributed by atoms with Gasteiger partial charge in [-0.15, -0.1) is 0 Å². The van der Waals surface area contributed by atoms with Gasteiger partial charge in [-0.2, -0.15) is 0 Å². The van der Waals surface area contributed by atoms with Gasteiger partial charge in [0.05, 0.1) is 6.04 Å². The Morgan fingerprint density at radius 3 is 3.06 bits per heavy atom. The fraction of sp³-hybridized carbons (Fsp3) is 0.429. The molecule has 90 valence electrons. The highest BCUT2D eigenvalue weighted by Crippen LogP contribution is 2.30. The lowest BCUT2D eigenvalue weighted by molar-refractivity contribution is 0.466. The van der Waals surface area contributed by atoms with Crippen molar-refractivity contribution >= 4 is 10.9 Å². The Balaban J connectivity index is 2.00. The van der Waals surface area contributed by atoms with Crippen LogP contribution in [0.4, 0.5) is 0 Å². The summed E-state index contributed by atoms with van der Waals surface area (Å²) in [5, 5.41) is 4.83. The molecule has 4 N–H and O–H groups in total. The number of H-pyrrole nitrogens is 1. The smallest absolute Gasteiger partial charge is 0.0514 e. The van der Waals surface area contributed by atoms with Gasteiger partial charge in [0, 0.05) is 11.2 Å². The number of nitrogens with one attached hydrogen (secondary N) is 2. The van der Waals surface area contributed by atoms with Gasteiger partial charge in [-0.3, -0.25) is 0 Å². The Hall–Kier alpha value is -1.32. The molecule has 1 aromatic carbocycles. The number of aromatic amines is 1. The molecule has 3 heteroatoms.